The van der Waals surface area contributed by atoms with Crippen LogP contribution >= 0.6 is 0 Å². The first-order valence-corrected chi connectivity index (χ1v) is 5.80. The Hall–Kier alpha value is -1.98. The van der Waals surface area contributed by atoms with Gasteiger partial charge in [0.25, 0.3) is 0 Å². The van der Waals surface area contributed by atoms with Crippen molar-refractivity contribution in [1.29, 1.82) is 0 Å². The van der Waals surface area contributed by atoms with Crippen LogP contribution in [0.1, 0.15) is 24.2 Å². The monoisotopic (exact) mass is 270 g/mol. The number of hydrogen-bond donors (Lipinski definition) is 1. The van der Waals surface area contributed by atoms with Gasteiger partial charge in [0, 0.05) is 18.7 Å². The third-order valence-corrected chi connectivity index (χ3v) is 2.39. The van der Waals surface area contributed by atoms with Crippen LogP contribution < -0.4 is 10.2 Å². The predicted octanol–water partition coefficient (Wildman–Crippen LogP) is 1.74. The molecule has 0 spiro atoms. The van der Waals surface area contributed by atoms with Gasteiger partial charge >= 0.3 is 0 Å². The van der Waals surface area contributed by atoms with Crippen molar-refractivity contribution in [3.05, 3.63) is 29.3 Å². The summed E-state index contributed by atoms with van der Waals surface area (Å²) < 4.78 is 27.4. The van der Waals surface area contributed by atoms with Crippen molar-refractivity contribution < 1.29 is 18.4 Å². The standard InChI is InChI=1S/C13H16F2N2O2/c1-8(2)16-12(19)6-17(3)13-10(14)4-9(7-18)5-11(13)15/h4-5,7-8H,6H2,1-3H3,(H,16,19). The van der Waals surface area contributed by atoms with Crippen molar-refractivity contribution in [3.63, 3.8) is 0 Å². The summed E-state index contributed by atoms with van der Waals surface area (Å²) in [7, 11) is 1.40. The number of carbonyl (C=O) groups excluding carboxylic acids is 2. The first-order valence-electron chi connectivity index (χ1n) is 5.80. The SMILES string of the molecule is CC(C)NC(=O)CN(C)c1c(F)cc(C=O)cc1F. The molecule has 0 unspecified atom stereocenters. The van der Waals surface area contributed by atoms with Crippen LogP contribution in [0.15, 0.2) is 12.1 Å². The van der Waals surface area contributed by atoms with Crippen LogP contribution in [-0.4, -0.2) is 31.8 Å². The van der Waals surface area contributed by atoms with Gasteiger partial charge in [-0.1, -0.05) is 0 Å². The number of rotatable bonds is 5. The van der Waals surface area contributed by atoms with E-state index in [0.29, 0.717) is 6.29 Å². The lowest BCUT2D eigenvalue weighted by molar-refractivity contribution is -0.120. The Kier molecular flexibility index (Phi) is 4.97. The average Bonchev–Trinajstić information content (AvgIpc) is 2.26. The van der Waals surface area contributed by atoms with E-state index in [1.807, 2.05) is 0 Å². The molecule has 0 radical (unpaired) electrons. The van der Waals surface area contributed by atoms with Gasteiger partial charge in [0.1, 0.15) is 23.6 Å². The van der Waals surface area contributed by atoms with Gasteiger partial charge in [0.2, 0.25) is 5.91 Å². The van der Waals surface area contributed by atoms with Gasteiger partial charge in [0.05, 0.1) is 6.54 Å². The summed E-state index contributed by atoms with van der Waals surface area (Å²) >= 11 is 0. The van der Waals surface area contributed by atoms with Crippen molar-refractivity contribution in [2.24, 2.45) is 0 Å². The third kappa shape index (κ3) is 4.01. The number of benzene rings is 1. The number of likely N-dealkylation sites (N-methyl/N-ethyl adjacent to an activating group) is 1. The molecule has 1 N–H and O–H groups in total. The summed E-state index contributed by atoms with van der Waals surface area (Å²) in [5, 5.41) is 2.62. The van der Waals surface area contributed by atoms with Gasteiger partial charge in [-0.3, -0.25) is 9.59 Å². The molecule has 4 nitrogen and oxygen atoms in total. The van der Waals surface area contributed by atoms with E-state index in [0.717, 1.165) is 17.0 Å². The van der Waals surface area contributed by atoms with E-state index >= 15 is 0 Å². The van der Waals surface area contributed by atoms with Gasteiger partial charge < -0.3 is 10.2 Å². The summed E-state index contributed by atoms with van der Waals surface area (Å²) in [5.41, 5.74) is -0.414. The van der Waals surface area contributed by atoms with Crippen LogP contribution in [0, 0.1) is 11.6 Å². The van der Waals surface area contributed by atoms with Gasteiger partial charge in [-0.25, -0.2) is 8.78 Å². The molecular formula is C13H16F2N2O2. The van der Waals surface area contributed by atoms with Crippen molar-refractivity contribution >= 4 is 17.9 Å². The lowest BCUT2D eigenvalue weighted by atomic mass is 10.2. The summed E-state index contributed by atoms with van der Waals surface area (Å²) in [6, 6.07) is 1.82. The molecule has 0 saturated carbocycles. The van der Waals surface area contributed by atoms with Gasteiger partial charge in [0.15, 0.2) is 0 Å². The van der Waals surface area contributed by atoms with E-state index in [9.17, 15) is 18.4 Å². The van der Waals surface area contributed by atoms with Crippen molar-refractivity contribution in [1.82, 2.24) is 5.32 Å². The highest BCUT2D eigenvalue weighted by Crippen LogP contribution is 2.23. The average molecular weight is 270 g/mol. The first kappa shape index (κ1) is 15.1. The smallest absolute Gasteiger partial charge is 0.239 e. The highest BCUT2D eigenvalue weighted by atomic mass is 19.1. The lowest BCUT2D eigenvalue weighted by Gasteiger charge is -2.21. The molecule has 1 amide bonds. The molecule has 1 aromatic rings. The van der Waals surface area contributed by atoms with Crippen LogP contribution in [0.4, 0.5) is 14.5 Å². The normalized spacial score (nSPS) is 10.4. The van der Waals surface area contributed by atoms with E-state index in [1.54, 1.807) is 13.8 Å². The lowest BCUT2D eigenvalue weighted by Crippen LogP contribution is -2.39. The second-order valence-electron chi connectivity index (χ2n) is 4.53. The molecule has 6 heteroatoms. The summed E-state index contributed by atoms with van der Waals surface area (Å²) in [4.78, 5) is 23.2. The largest absolute Gasteiger partial charge is 0.361 e. The molecule has 1 aromatic carbocycles. The quantitative estimate of drug-likeness (QED) is 0.829. The fraction of sp³-hybridized carbons (Fsp3) is 0.385. The highest BCUT2D eigenvalue weighted by molar-refractivity contribution is 5.82. The Morgan fingerprint density at radius 1 is 1.37 bits per heavy atom. The predicted molar refractivity (Wildman–Crippen MR) is 68.3 cm³/mol. The first-order chi connectivity index (χ1) is 8.85. The maximum atomic E-state index is 13.7. The second kappa shape index (κ2) is 6.26. The number of carbonyl (C=O) groups is 2. The molecule has 0 atom stereocenters. The molecule has 104 valence electrons. The van der Waals surface area contributed by atoms with E-state index in [2.05, 4.69) is 5.32 Å². The Bertz CT molecular complexity index is 467. The highest BCUT2D eigenvalue weighted by Gasteiger charge is 2.17. The maximum Gasteiger partial charge on any atom is 0.239 e. The third-order valence-electron chi connectivity index (χ3n) is 2.39. The topological polar surface area (TPSA) is 49.4 Å². The van der Waals surface area contributed by atoms with E-state index < -0.39 is 11.6 Å². The molecule has 0 bridgehead atoms. The molecule has 0 saturated heterocycles. The molecule has 19 heavy (non-hydrogen) atoms. The summed E-state index contributed by atoms with van der Waals surface area (Å²) in [5.74, 6) is -2.08. The number of halogens is 2. The Morgan fingerprint density at radius 2 is 1.89 bits per heavy atom. The van der Waals surface area contributed by atoms with Crippen LogP contribution in [0.5, 0.6) is 0 Å². The zero-order valence-electron chi connectivity index (χ0n) is 11.0. The molecule has 1 rings (SSSR count). The van der Waals surface area contributed by atoms with Gasteiger partial charge in [-0.15, -0.1) is 0 Å². The Balaban J connectivity index is 2.91. The Morgan fingerprint density at radius 3 is 2.32 bits per heavy atom. The van der Waals surface area contributed by atoms with Crippen molar-refractivity contribution in [2.75, 3.05) is 18.5 Å². The summed E-state index contributed by atoms with van der Waals surface area (Å²) in [6.45, 7) is 3.41. The molecule has 0 aliphatic heterocycles. The minimum Gasteiger partial charge on any atom is -0.361 e. The van der Waals surface area contributed by atoms with Gasteiger partial charge in [-0.05, 0) is 26.0 Å². The van der Waals surface area contributed by atoms with Crippen molar-refractivity contribution in [2.45, 2.75) is 19.9 Å². The van der Waals surface area contributed by atoms with E-state index in [-0.39, 0.29) is 29.7 Å². The fourth-order valence-electron chi connectivity index (χ4n) is 1.68. The van der Waals surface area contributed by atoms with Crippen LogP contribution in [0.25, 0.3) is 0 Å². The number of amides is 1. The minimum absolute atomic E-state index is 0.0481. The zero-order valence-corrected chi connectivity index (χ0v) is 11.0. The number of hydrogen-bond acceptors (Lipinski definition) is 3. The molecule has 0 heterocycles. The van der Waals surface area contributed by atoms with Crippen LogP contribution in [0.2, 0.25) is 0 Å². The van der Waals surface area contributed by atoms with E-state index in [4.69, 9.17) is 0 Å². The molecule has 0 aromatic heterocycles. The van der Waals surface area contributed by atoms with Crippen LogP contribution in [0.3, 0.4) is 0 Å². The second-order valence-corrected chi connectivity index (χ2v) is 4.53. The molecule has 0 aliphatic carbocycles. The number of nitrogens with zero attached hydrogens (tertiary/aromatic N) is 1. The number of nitrogens with one attached hydrogen (secondary N) is 1. The fourth-order valence-corrected chi connectivity index (χ4v) is 1.68. The van der Waals surface area contributed by atoms with Gasteiger partial charge in [-0.2, -0.15) is 0 Å². The molecular weight excluding hydrogens is 254 g/mol. The van der Waals surface area contributed by atoms with Crippen LogP contribution in [-0.2, 0) is 4.79 Å². The van der Waals surface area contributed by atoms with E-state index in [1.165, 1.54) is 7.05 Å². The molecule has 0 aliphatic rings. The maximum absolute atomic E-state index is 13.7. The number of aldehydes is 1. The summed E-state index contributed by atoms with van der Waals surface area (Å²) in [6.07, 6.45) is 0.363. The zero-order chi connectivity index (χ0) is 14.6. The minimum atomic E-state index is -0.873. The Labute approximate surface area is 110 Å². The molecule has 0 fully saturated rings. The van der Waals surface area contributed by atoms with Crippen molar-refractivity contribution in [3.8, 4) is 0 Å². The number of anilines is 1.